The lowest BCUT2D eigenvalue weighted by Crippen LogP contribution is -2.34. The van der Waals surface area contributed by atoms with Gasteiger partial charge in [-0.1, -0.05) is 33.6 Å². The van der Waals surface area contributed by atoms with Gasteiger partial charge in [-0.15, -0.1) is 0 Å². The molecule has 0 spiro atoms. The Kier molecular flexibility index (Phi) is 3.12. The molecule has 88 valence electrons. The van der Waals surface area contributed by atoms with Crippen molar-refractivity contribution in [3.05, 3.63) is 0 Å². The summed E-state index contributed by atoms with van der Waals surface area (Å²) in [6.07, 6.45) is 7.68. The van der Waals surface area contributed by atoms with Crippen molar-refractivity contribution in [2.45, 2.75) is 65.4 Å². The summed E-state index contributed by atoms with van der Waals surface area (Å²) in [7, 11) is 0. The third-order valence-electron chi connectivity index (χ3n) is 4.50. The molecular formula is C14H26O. The van der Waals surface area contributed by atoms with E-state index in [0.29, 0.717) is 11.3 Å². The van der Waals surface area contributed by atoms with Crippen LogP contribution < -0.4 is 0 Å². The van der Waals surface area contributed by atoms with Crippen molar-refractivity contribution in [1.29, 1.82) is 0 Å². The smallest absolute Gasteiger partial charge is 0.0568 e. The molecule has 2 saturated carbocycles. The van der Waals surface area contributed by atoms with Gasteiger partial charge in [-0.2, -0.15) is 0 Å². The van der Waals surface area contributed by atoms with Crippen LogP contribution >= 0.6 is 0 Å². The molecule has 3 unspecified atom stereocenters. The maximum Gasteiger partial charge on any atom is 0.0568 e. The van der Waals surface area contributed by atoms with Crippen molar-refractivity contribution < 1.29 is 5.11 Å². The van der Waals surface area contributed by atoms with Crippen molar-refractivity contribution in [3.63, 3.8) is 0 Å². The number of aliphatic hydroxyl groups is 1. The summed E-state index contributed by atoms with van der Waals surface area (Å²) in [6.45, 7) is 7.05. The van der Waals surface area contributed by atoms with Crippen LogP contribution in [-0.2, 0) is 0 Å². The Bertz CT molecular complexity index is 212. The lowest BCUT2D eigenvalue weighted by atomic mass is 9.67. The highest BCUT2D eigenvalue weighted by atomic mass is 16.3. The Morgan fingerprint density at radius 2 is 1.73 bits per heavy atom. The molecule has 2 rings (SSSR count). The molecule has 2 fully saturated rings. The normalized spacial score (nSPS) is 38.0. The lowest BCUT2D eigenvalue weighted by Gasteiger charge is -2.40. The van der Waals surface area contributed by atoms with E-state index in [0.717, 1.165) is 18.3 Å². The molecule has 1 nitrogen and oxygen atoms in total. The molecule has 0 bridgehead atoms. The van der Waals surface area contributed by atoms with E-state index in [1.54, 1.807) is 0 Å². The Morgan fingerprint density at radius 1 is 1.07 bits per heavy atom. The van der Waals surface area contributed by atoms with Crippen LogP contribution in [0.25, 0.3) is 0 Å². The second-order valence-corrected chi connectivity index (χ2v) is 6.88. The van der Waals surface area contributed by atoms with Gasteiger partial charge >= 0.3 is 0 Å². The standard InChI is InChI=1S/C14H26O/c1-14(2,3)12-6-7-13(15)11(9-12)8-10-4-5-10/h10-13,15H,4-9H2,1-3H3. The Hall–Kier alpha value is -0.0400. The molecule has 0 heterocycles. The van der Waals surface area contributed by atoms with Crippen molar-refractivity contribution in [2.24, 2.45) is 23.2 Å². The molecule has 0 aromatic rings. The maximum atomic E-state index is 10.0. The van der Waals surface area contributed by atoms with Gasteiger partial charge < -0.3 is 5.11 Å². The number of hydrogen-bond acceptors (Lipinski definition) is 1. The number of rotatable bonds is 2. The Labute approximate surface area is 94.3 Å². The van der Waals surface area contributed by atoms with E-state index in [9.17, 15) is 5.11 Å². The predicted molar refractivity (Wildman–Crippen MR) is 63.6 cm³/mol. The van der Waals surface area contributed by atoms with E-state index in [2.05, 4.69) is 20.8 Å². The number of aliphatic hydroxyl groups excluding tert-OH is 1. The molecule has 2 aliphatic carbocycles. The lowest BCUT2D eigenvalue weighted by molar-refractivity contribution is 0.0135. The van der Waals surface area contributed by atoms with E-state index >= 15 is 0 Å². The van der Waals surface area contributed by atoms with E-state index < -0.39 is 0 Å². The molecule has 0 radical (unpaired) electrons. The fourth-order valence-corrected chi connectivity index (χ4v) is 3.07. The first-order valence-corrected chi connectivity index (χ1v) is 6.65. The van der Waals surface area contributed by atoms with Gasteiger partial charge in [0, 0.05) is 0 Å². The minimum absolute atomic E-state index is 0.00389. The molecule has 1 N–H and O–H groups in total. The third kappa shape index (κ3) is 2.96. The van der Waals surface area contributed by atoms with E-state index in [-0.39, 0.29) is 6.10 Å². The Balaban J connectivity index is 1.91. The second kappa shape index (κ2) is 4.08. The Morgan fingerprint density at radius 3 is 2.27 bits per heavy atom. The quantitative estimate of drug-likeness (QED) is 0.738. The van der Waals surface area contributed by atoms with Gasteiger partial charge in [-0.25, -0.2) is 0 Å². The molecule has 0 saturated heterocycles. The summed E-state index contributed by atoms with van der Waals surface area (Å²) in [5, 5.41) is 10.0. The fraction of sp³-hybridized carbons (Fsp3) is 1.00. The van der Waals surface area contributed by atoms with Gasteiger partial charge in [0.15, 0.2) is 0 Å². The molecule has 0 aromatic heterocycles. The highest BCUT2D eigenvalue weighted by Gasteiger charge is 2.37. The molecular weight excluding hydrogens is 184 g/mol. The maximum absolute atomic E-state index is 10.0. The summed E-state index contributed by atoms with van der Waals surface area (Å²) in [5.41, 5.74) is 0.432. The van der Waals surface area contributed by atoms with E-state index in [1.165, 1.54) is 32.1 Å². The van der Waals surface area contributed by atoms with Crippen LogP contribution in [0.4, 0.5) is 0 Å². The monoisotopic (exact) mass is 210 g/mol. The summed E-state index contributed by atoms with van der Waals surface area (Å²) in [4.78, 5) is 0. The van der Waals surface area contributed by atoms with Gasteiger partial charge in [0.25, 0.3) is 0 Å². The van der Waals surface area contributed by atoms with Crippen molar-refractivity contribution >= 4 is 0 Å². The third-order valence-corrected chi connectivity index (χ3v) is 4.50. The van der Waals surface area contributed by atoms with Crippen LogP contribution in [0.15, 0.2) is 0 Å². The van der Waals surface area contributed by atoms with Gasteiger partial charge in [-0.05, 0) is 48.9 Å². The summed E-state index contributed by atoms with van der Waals surface area (Å²) in [5.74, 6) is 2.39. The molecule has 15 heavy (non-hydrogen) atoms. The van der Waals surface area contributed by atoms with Gasteiger partial charge in [0.1, 0.15) is 0 Å². The minimum atomic E-state index is 0.00389. The molecule has 0 amide bonds. The predicted octanol–water partition coefficient (Wildman–Crippen LogP) is 3.61. The van der Waals surface area contributed by atoms with Crippen molar-refractivity contribution in [3.8, 4) is 0 Å². The van der Waals surface area contributed by atoms with Gasteiger partial charge in [0.05, 0.1) is 6.10 Å². The molecule has 0 aliphatic heterocycles. The zero-order valence-corrected chi connectivity index (χ0v) is 10.5. The average Bonchev–Trinajstić information content (AvgIpc) is 2.90. The fourth-order valence-electron chi connectivity index (χ4n) is 3.07. The molecule has 0 aromatic carbocycles. The van der Waals surface area contributed by atoms with Crippen LogP contribution in [0.5, 0.6) is 0 Å². The largest absolute Gasteiger partial charge is 0.393 e. The SMILES string of the molecule is CC(C)(C)C1CCC(O)C(CC2CC2)C1. The topological polar surface area (TPSA) is 20.2 Å². The molecule has 1 heteroatoms. The summed E-state index contributed by atoms with van der Waals surface area (Å²) < 4.78 is 0. The molecule has 3 atom stereocenters. The van der Waals surface area contributed by atoms with Crippen LogP contribution in [0.1, 0.15) is 59.3 Å². The minimum Gasteiger partial charge on any atom is -0.393 e. The highest BCUT2D eigenvalue weighted by Crippen LogP contribution is 2.45. The van der Waals surface area contributed by atoms with E-state index in [1.807, 2.05) is 0 Å². The first kappa shape index (κ1) is 11.4. The van der Waals surface area contributed by atoms with Crippen molar-refractivity contribution in [2.75, 3.05) is 0 Å². The summed E-state index contributed by atoms with van der Waals surface area (Å²) in [6, 6.07) is 0. The zero-order chi connectivity index (χ0) is 11.1. The van der Waals surface area contributed by atoms with Crippen LogP contribution in [0, 0.1) is 23.2 Å². The van der Waals surface area contributed by atoms with Crippen LogP contribution in [-0.4, -0.2) is 11.2 Å². The van der Waals surface area contributed by atoms with Gasteiger partial charge in [0.2, 0.25) is 0 Å². The van der Waals surface area contributed by atoms with Gasteiger partial charge in [-0.3, -0.25) is 0 Å². The summed E-state index contributed by atoms with van der Waals surface area (Å²) >= 11 is 0. The van der Waals surface area contributed by atoms with Crippen molar-refractivity contribution in [1.82, 2.24) is 0 Å². The average molecular weight is 210 g/mol. The first-order valence-electron chi connectivity index (χ1n) is 6.65. The van der Waals surface area contributed by atoms with Crippen LogP contribution in [0.2, 0.25) is 0 Å². The second-order valence-electron chi connectivity index (χ2n) is 6.88. The number of hydrogen-bond donors (Lipinski definition) is 1. The highest BCUT2D eigenvalue weighted by molar-refractivity contribution is 4.88. The zero-order valence-electron chi connectivity index (χ0n) is 10.5. The molecule has 2 aliphatic rings. The van der Waals surface area contributed by atoms with E-state index in [4.69, 9.17) is 0 Å². The van der Waals surface area contributed by atoms with Crippen LogP contribution in [0.3, 0.4) is 0 Å². The first-order chi connectivity index (χ1) is 6.97.